The number of hydrazine groups is 1. The van der Waals surface area contributed by atoms with E-state index in [9.17, 15) is 0 Å². The Hall–Kier alpha value is -0.820. The Labute approximate surface area is 138 Å². The molecule has 0 spiro atoms. The van der Waals surface area contributed by atoms with E-state index >= 15 is 0 Å². The Morgan fingerprint density at radius 2 is 2.19 bits per heavy atom. The molecule has 6 heteroatoms. The summed E-state index contributed by atoms with van der Waals surface area (Å²) in [5.41, 5.74) is 6.37. The van der Waals surface area contributed by atoms with Gasteiger partial charge in [-0.05, 0) is 41.9 Å². The summed E-state index contributed by atoms with van der Waals surface area (Å²) >= 11 is 5.42. The quantitative estimate of drug-likeness (QED) is 0.467. The van der Waals surface area contributed by atoms with Gasteiger partial charge >= 0.3 is 0 Å². The predicted molar refractivity (Wildman–Crippen MR) is 92.4 cm³/mol. The number of aromatic nitrogens is 2. The summed E-state index contributed by atoms with van der Waals surface area (Å²) in [6, 6.07) is 8.72. The van der Waals surface area contributed by atoms with Crippen molar-refractivity contribution in [3.05, 3.63) is 45.7 Å². The molecule has 1 aromatic heterocycles. The third-order valence-corrected chi connectivity index (χ3v) is 5.57. The molecule has 0 fully saturated rings. The molecule has 0 radical (unpaired) electrons. The highest BCUT2D eigenvalue weighted by molar-refractivity contribution is 9.10. The minimum Gasteiger partial charge on any atom is -0.271 e. The summed E-state index contributed by atoms with van der Waals surface area (Å²) in [6.45, 7) is 4.11. The van der Waals surface area contributed by atoms with Gasteiger partial charge in [0.2, 0.25) is 0 Å². The first-order chi connectivity index (χ1) is 10.0. The molecule has 2 rings (SSSR count). The van der Waals surface area contributed by atoms with E-state index in [1.54, 1.807) is 0 Å². The first-order valence-electron chi connectivity index (χ1n) is 6.84. The molecule has 1 heterocycles. The Morgan fingerprint density at radius 3 is 2.76 bits per heavy atom. The van der Waals surface area contributed by atoms with Crippen molar-refractivity contribution in [3.63, 3.8) is 0 Å². The summed E-state index contributed by atoms with van der Waals surface area (Å²) in [5, 5.41) is 4.42. The molecule has 0 bridgehead atoms. The van der Waals surface area contributed by atoms with Crippen LogP contribution in [0.3, 0.4) is 0 Å². The lowest BCUT2D eigenvalue weighted by Gasteiger charge is -2.16. The number of rotatable bonds is 6. The van der Waals surface area contributed by atoms with Gasteiger partial charge in [0.15, 0.2) is 0 Å². The molecule has 0 aliphatic rings. The van der Waals surface area contributed by atoms with E-state index in [2.05, 4.69) is 57.6 Å². The van der Waals surface area contributed by atoms with E-state index in [1.165, 1.54) is 16.2 Å². The highest BCUT2D eigenvalue weighted by Gasteiger charge is 2.16. The van der Waals surface area contributed by atoms with Gasteiger partial charge in [-0.25, -0.2) is 0 Å². The summed E-state index contributed by atoms with van der Waals surface area (Å²) in [5.74, 6) is 6.63. The van der Waals surface area contributed by atoms with Crippen molar-refractivity contribution in [2.75, 3.05) is 5.75 Å². The number of aryl methyl sites for hydroxylation is 3. The zero-order valence-electron chi connectivity index (χ0n) is 12.6. The fourth-order valence-corrected chi connectivity index (χ4v) is 3.75. The van der Waals surface area contributed by atoms with Gasteiger partial charge in [0, 0.05) is 30.2 Å². The molecule has 1 atom stereocenters. The highest BCUT2D eigenvalue weighted by Crippen LogP contribution is 2.24. The van der Waals surface area contributed by atoms with Crippen LogP contribution in [0.5, 0.6) is 0 Å². The molecule has 1 aromatic carbocycles. The molecule has 0 saturated carbocycles. The van der Waals surface area contributed by atoms with Crippen molar-refractivity contribution in [3.8, 4) is 0 Å². The van der Waals surface area contributed by atoms with Gasteiger partial charge in [-0.2, -0.15) is 5.10 Å². The van der Waals surface area contributed by atoms with Crippen LogP contribution in [0.4, 0.5) is 0 Å². The average molecular weight is 369 g/mol. The van der Waals surface area contributed by atoms with Gasteiger partial charge < -0.3 is 0 Å². The predicted octanol–water partition coefficient (Wildman–Crippen LogP) is 2.97. The molecule has 21 heavy (non-hydrogen) atoms. The van der Waals surface area contributed by atoms with Gasteiger partial charge in [-0.3, -0.25) is 16.0 Å². The first kappa shape index (κ1) is 16.5. The van der Waals surface area contributed by atoms with Crippen LogP contribution in [0.2, 0.25) is 0 Å². The zero-order chi connectivity index (χ0) is 15.4. The van der Waals surface area contributed by atoms with Crippen LogP contribution in [0.1, 0.15) is 17.0 Å². The van der Waals surface area contributed by atoms with Crippen LogP contribution in [-0.2, 0) is 13.5 Å². The van der Waals surface area contributed by atoms with Crippen LogP contribution in [0, 0.1) is 13.8 Å². The van der Waals surface area contributed by atoms with E-state index in [0.717, 1.165) is 22.3 Å². The molecular weight excluding hydrogens is 348 g/mol. The van der Waals surface area contributed by atoms with Crippen molar-refractivity contribution in [2.45, 2.75) is 31.2 Å². The molecule has 4 nitrogen and oxygen atoms in total. The lowest BCUT2D eigenvalue weighted by molar-refractivity contribution is 0.550. The number of nitrogens with zero attached hydrogens (tertiary/aromatic N) is 2. The van der Waals surface area contributed by atoms with E-state index in [0.29, 0.717) is 0 Å². The standard InChI is InChI=1S/C15H21BrN4S/c1-10-5-4-6-13(7-10)21-9-12(18-17)8-14-15(16)11(2)19-20(14)3/h4-7,12,18H,8-9,17H2,1-3H3. The lowest BCUT2D eigenvalue weighted by atomic mass is 10.2. The molecule has 0 aliphatic heterocycles. The van der Waals surface area contributed by atoms with Crippen LogP contribution >= 0.6 is 27.7 Å². The molecule has 114 valence electrons. The average Bonchev–Trinajstić information content (AvgIpc) is 2.69. The normalized spacial score (nSPS) is 12.6. The fraction of sp³-hybridized carbons (Fsp3) is 0.400. The van der Waals surface area contributed by atoms with Crippen molar-refractivity contribution in [1.82, 2.24) is 15.2 Å². The number of benzene rings is 1. The maximum atomic E-state index is 5.71. The monoisotopic (exact) mass is 368 g/mol. The SMILES string of the molecule is Cc1cccc(SCC(Cc2c(Br)c(C)nn2C)NN)c1. The van der Waals surface area contributed by atoms with Crippen LogP contribution < -0.4 is 11.3 Å². The summed E-state index contributed by atoms with van der Waals surface area (Å²) < 4.78 is 2.99. The number of hydrogen-bond donors (Lipinski definition) is 2. The maximum Gasteiger partial charge on any atom is 0.0738 e. The lowest BCUT2D eigenvalue weighted by Crippen LogP contribution is -2.39. The summed E-state index contributed by atoms with van der Waals surface area (Å²) in [4.78, 5) is 1.27. The fourth-order valence-electron chi connectivity index (χ4n) is 2.20. The minimum atomic E-state index is 0.196. The smallest absolute Gasteiger partial charge is 0.0738 e. The molecular formula is C15H21BrN4S. The van der Waals surface area contributed by atoms with E-state index in [-0.39, 0.29) is 6.04 Å². The number of thioether (sulfide) groups is 1. The minimum absolute atomic E-state index is 0.196. The second-order valence-electron chi connectivity index (χ2n) is 5.16. The Morgan fingerprint density at radius 1 is 1.43 bits per heavy atom. The molecule has 0 saturated heterocycles. The Bertz CT molecular complexity index is 612. The largest absolute Gasteiger partial charge is 0.271 e. The number of hydrogen-bond acceptors (Lipinski definition) is 4. The Balaban J connectivity index is 2.00. The van der Waals surface area contributed by atoms with Gasteiger partial charge in [-0.1, -0.05) is 17.7 Å². The van der Waals surface area contributed by atoms with Gasteiger partial charge in [0.1, 0.15) is 0 Å². The Kier molecular flexibility index (Phi) is 5.87. The van der Waals surface area contributed by atoms with Crippen LogP contribution in [-0.4, -0.2) is 21.6 Å². The van der Waals surface area contributed by atoms with Crippen LogP contribution in [0.15, 0.2) is 33.6 Å². The molecule has 1 unspecified atom stereocenters. The number of nitrogens with two attached hydrogens (primary N) is 1. The zero-order valence-corrected chi connectivity index (χ0v) is 15.0. The third-order valence-electron chi connectivity index (χ3n) is 3.38. The van der Waals surface area contributed by atoms with Crippen molar-refractivity contribution in [1.29, 1.82) is 0 Å². The third kappa shape index (κ3) is 4.32. The first-order valence-corrected chi connectivity index (χ1v) is 8.62. The van der Waals surface area contributed by atoms with Crippen molar-refractivity contribution in [2.24, 2.45) is 12.9 Å². The van der Waals surface area contributed by atoms with Gasteiger partial charge in [-0.15, -0.1) is 11.8 Å². The maximum absolute atomic E-state index is 5.71. The summed E-state index contributed by atoms with van der Waals surface area (Å²) in [7, 11) is 1.97. The van der Waals surface area contributed by atoms with E-state index in [4.69, 9.17) is 5.84 Å². The van der Waals surface area contributed by atoms with E-state index in [1.807, 2.05) is 30.4 Å². The second-order valence-corrected chi connectivity index (χ2v) is 7.05. The number of halogens is 1. The number of nitrogens with one attached hydrogen (secondary N) is 1. The molecule has 3 N–H and O–H groups in total. The molecule has 0 amide bonds. The molecule has 2 aromatic rings. The topological polar surface area (TPSA) is 55.9 Å². The van der Waals surface area contributed by atoms with Gasteiger partial charge in [0.25, 0.3) is 0 Å². The highest BCUT2D eigenvalue weighted by atomic mass is 79.9. The molecule has 0 aliphatic carbocycles. The van der Waals surface area contributed by atoms with E-state index < -0.39 is 0 Å². The van der Waals surface area contributed by atoms with Crippen molar-refractivity contribution < 1.29 is 0 Å². The van der Waals surface area contributed by atoms with Gasteiger partial charge in [0.05, 0.1) is 15.9 Å². The summed E-state index contributed by atoms with van der Waals surface area (Å²) in [6.07, 6.45) is 0.841. The second kappa shape index (κ2) is 7.45. The van der Waals surface area contributed by atoms with Crippen LogP contribution in [0.25, 0.3) is 0 Å². The van der Waals surface area contributed by atoms with Crippen molar-refractivity contribution >= 4 is 27.7 Å².